The molecule has 8 N–H and O–H groups in total. The molecule has 1 unspecified atom stereocenters. The van der Waals surface area contributed by atoms with Gasteiger partial charge in [-0.3, -0.25) is 0 Å². The summed E-state index contributed by atoms with van der Waals surface area (Å²) in [6, 6.07) is -0.969. The lowest BCUT2D eigenvalue weighted by atomic mass is 9.81. The average Bonchev–Trinajstić information content (AvgIpc) is 2.74. The average molecular weight is 295 g/mol. The van der Waals surface area contributed by atoms with Crippen LogP contribution >= 0.6 is 0 Å². The van der Waals surface area contributed by atoms with Gasteiger partial charge in [0.25, 0.3) is 0 Å². The minimum atomic E-state index is -1.67. The lowest BCUT2D eigenvalue weighted by Crippen LogP contribution is -2.62. The van der Waals surface area contributed by atoms with Gasteiger partial charge in [-0.15, -0.1) is 0 Å². The molecule has 118 valence electrons. The van der Waals surface area contributed by atoms with E-state index in [1.165, 1.54) is 0 Å². The van der Waals surface area contributed by atoms with E-state index in [-0.39, 0.29) is 6.54 Å². The van der Waals surface area contributed by atoms with Gasteiger partial charge < -0.3 is 45.8 Å². The third-order valence-electron chi connectivity index (χ3n) is 4.04. The Kier molecular flexibility index (Phi) is 4.95. The maximum Gasteiger partial charge on any atom is 0.181 e. The van der Waals surface area contributed by atoms with Crippen molar-refractivity contribution >= 4 is 0 Å². The normalized spacial score (nSPS) is 51.1. The third-order valence-corrected chi connectivity index (χ3v) is 4.04. The van der Waals surface area contributed by atoms with Crippen LogP contribution < -0.4 is 5.32 Å². The highest BCUT2D eigenvalue weighted by atomic mass is 16.6. The highest BCUT2D eigenvalue weighted by molar-refractivity contribution is 5.02. The SMILES string of the molecule is OC[C@H]1OC(O)[C@H](O)[C@@H]([C@H](O)[C@H]2NC[C@H](O)[C@@H]2O)[C@H]1O. The second-order valence-corrected chi connectivity index (χ2v) is 5.29. The molecule has 9 nitrogen and oxygen atoms in total. The van der Waals surface area contributed by atoms with E-state index in [2.05, 4.69) is 5.32 Å². The summed E-state index contributed by atoms with van der Waals surface area (Å²) in [5.74, 6) is -1.24. The molecule has 2 aliphatic rings. The van der Waals surface area contributed by atoms with Crippen LogP contribution in [0, 0.1) is 5.92 Å². The van der Waals surface area contributed by atoms with Crippen LogP contribution in [-0.4, -0.2) is 97.9 Å². The molecule has 0 aromatic carbocycles. The van der Waals surface area contributed by atoms with E-state index in [4.69, 9.17) is 9.84 Å². The zero-order valence-electron chi connectivity index (χ0n) is 10.6. The molecule has 2 saturated heterocycles. The number of nitrogens with one attached hydrogen (secondary N) is 1. The summed E-state index contributed by atoms with van der Waals surface area (Å²) >= 11 is 0. The molecule has 0 aromatic heterocycles. The van der Waals surface area contributed by atoms with Crippen LogP contribution in [0.15, 0.2) is 0 Å². The van der Waals surface area contributed by atoms with Crippen LogP contribution in [0.1, 0.15) is 0 Å². The molecule has 0 bridgehead atoms. The van der Waals surface area contributed by atoms with Crippen molar-refractivity contribution < 1.29 is 40.5 Å². The first-order valence-electron chi connectivity index (χ1n) is 6.46. The van der Waals surface area contributed by atoms with Gasteiger partial charge in [-0.1, -0.05) is 0 Å². The summed E-state index contributed by atoms with van der Waals surface area (Å²) in [4.78, 5) is 0. The number of aliphatic hydroxyl groups is 7. The fourth-order valence-electron chi connectivity index (χ4n) is 2.83. The number of β-amino-alcohol motifs (C(OH)–C–C–N with tert-alkyl or cyclic N) is 1. The second kappa shape index (κ2) is 6.18. The van der Waals surface area contributed by atoms with Gasteiger partial charge >= 0.3 is 0 Å². The summed E-state index contributed by atoms with van der Waals surface area (Å²) in [6.45, 7) is -0.540. The van der Waals surface area contributed by atoms with E-state index in [0.717, 1.165) is 0 Å². The Hall–Kier alpha value is -0.360. The Morgan fingerprint density at radius 1 is 1.05 bits per heavy atom. The summed E-state index contributed by atoms with van der Waals surface area (Å²) in [6.07, 6.45) is -9.62. The fourth-order valence-corrected chi connectivity index (χ4v) is 2.83. The predicted octanol–water partition coefficient (Wildman–Crippen LogP) is -4.91. The van der Waals surface area contributed by atoms with Crippen LogP contribution in [0.4, 0.5) is 0 Å². The van der Waals surface area contributed by atoms with Crippen molar-refractivity contribution in [3.05, 3.63) is 0 Å². The van der Waals surface area contributed by atoms with Gasteiger partial charge in [0.2, 0.25) is 0 Å². The van der Waals surface area contributed by atoms with Crippen LogP contribution in [0.2, 0.25) is 0 Å². The molecule has 9 heteroatoms. The zero-order valence-corrected chi connectivity index (χ0v) is 10.6. The monoisotopic (exact) mass is 295 g/mol. The van der Waals surface area contributed by atoms with E-state index in [9.17, 15) is 30.6 Å². The number of aliphatic hydroxyl groups excluding tert-OH is 7. The molecule has 0 amide bonds. The number of hydrogen-bond acceptors (Lipinski definition) is 9. The van der Waals surface area contributed by atoms with Crippen molar-refractivity contribution in [3.8, 4) is 0 Å². The Labute approximate surface area is 115 Å². The first-order valence-corrected chi connectivity index (χ1v) is 6.46. The molecule has 0 aromatic rings. The lowest BCUT2D eigenvalue weighted by molar-refractivity contribution is -0.287. The van der Waals surface area contributed by atoms with Gasteiger partial charge in [-0.05, 0) is 0 Å². The molecule has 2 aliphatic heterocycles. The molecular weight excluding hydrogens is 274 g/mol. The zero-order chi connectivity index (χ0) is 15.0. The van der Waals surface area contributed by atoms with Crippen LogP contribution in [0.3, 0.4) is 0 Å². The van der Waals surface area contributed by atoms with Gasteiger partial charge in [-0.2, -0.15) is 0 Å². The molecule has 2 rings (SSSR count). The summed E-state index contributed by atoms with van der Waals surface area (Å²) in [7, 11) is 0. The Balaban J connectivity index is 2.15. The van der Waals surface area contributed by atoms with Crippen molar-refractivity contribution in [1.29, 1.82) is 0 Å². The lowest BCUT2D eigenvalue weighted by Gasteiger charge is -2.43. The van der Waals surface area contributed by atoms with E-state index in [1.807, 2.05) is 0 Å². The Morgan fingerprint density at radius 3 is 2.20 bits per heavy atom. The number of ether oxygens (including phenoxy) is 1. The minimum absolute atomic E-state index is 0.0598. The highest BCUT2D eigenvalue weighted by Gasteiger charge is 2.51. The van der Waals surface area contributed by atoms with Gasteiger partial charge in [0, 0.05) is 12.5 Å². The summed E-state index contributed by atoms with van der Waals surface area (Å²) in [5, 5.41) is 70.6. The van der Waals surface area contributed by atoms with E-state index < -0.39 is 61.5 Å². The summed E-state index contributed by atoms with van der Waals surface area (Å²) in [5.41, 5.74) is 0. The van der Waals surface area contributed by atoms with Gasteiger partial charge in [0.05, 0.1) is 37.1 Å². The first kappa shape index (κ1) is 16.0. The van der Waals surface area contributed by atoms with E-state index >= 15 is 0 Å². The molecule has 2 fully saturated rings. The first-order chi connectivity index (χ1) is 9.38. The molecule has 0 saturated carbocycles. The molecule has 0 spiro atoms. The maximum atomic E-state index is 10.2. The molecule has 2 heterocycles. The topological polar surface area (TPSA) is 163 Å². The maximum absolute atomic E-state index is 10.2. The van der Waals surface area contributed by atoms with Crippen LogP contribution in [0.5, 0.6) is 0 Å². The quantitative estimate of drug-likeness (QED) is 0.255. The highest BCUT2D eigenvalue weighted by Crippen LogP contribution is 2.30. The van der Waals surface area contributed by atoms with Crippen molar-refractivity contribution in [2.45, 2.75) is 49.0 Å². The third kappa shape index (κ3) is 2.69. The van der Waals surface area contributed by atoms with Crippen molar-refractivity contribution in [2.75, 3.05) is 13.2 Å². The number of hydrogen-bond donors (Lipinski definition) is 8. The smallest absolute Gasteiger partial charge is 0.181 e. The van der Waals surface area contributed by atoms with Crippen molar-refractivity contribution in [2.24, 2.45) is 5.92 Å². The molecular formula is C11H21NO8. The van der Waals surface area contributed by atoms with Crippen LogP contribution in [-0.2, 0) is 4.74 Å². The van der Waals surface area contributed by atoms with Gasteiger partial charge in [0.1, 0.15) is 12.2 Å². The summed E-state index contributed by atoms with van der Waals surface area (Å²) < 4.78 is 4.81. The Morgan fingerprint density at radius 2 is 1.70 bits per heavy atom. The van der Waals surface area contributed by atoms with E-state index in [1.54, 1.807) is 0 Å². The minimum Gasteiger partial charge on any atom is -0.394 e. The Bertz CT molecular complexity index is 332. The second-order valence-electron chi connectivity index (χ2n) is 5.29. The van der Waals surface area contributed by atoms with Crippen LogP contribution in [0.25, 0.3) is 0 Å². The number of rotatable bonds is 3. The molecule has 20 heavy (non-hydrogen) atoms. The molecule has 0 aliphatic carbocycles. The molecule has 0 radical (unpaired) electrons. The fraction of sp³-hybridized carbons (Fsp3) is 1.00. The largest absolute Gasteiger partial charge is 0.394 e. The standard InChI is InChI=1S/C11H21NO8/c13-2-4-8(16)5(10(18)11(19)20-4)9(17)6-7(15)3(14)1-12-6/h3-19H,1-2H2/t3-,4+,5+,6-,7-,8-,9-,10+,11?/m0/s1. The van der Waals surface area contributed by atoms with Gasteiger partial charge in [0.15, 0.2) is 6.29 Å². The predicted molar refractivity (Wildman–Crippen MR) is 63.3 cm³/mol. The molecule has 9 atom stereocenters. The van der Waals surface area contributed by atoms with Crippen molar-refractivity contribution in [3.63, 3.8) is 0 Å². The van der Waals surface area contributed by atoms with Crippen molar-refractivity contribution in [1.82, 2.24) is 5.32 Å². The van der Waals surface area contributed by atoms with Gasteiger partial charge in [-0.25, -0.2) is 0 Å². The van der Waals surface area contributed by atoms with E-state index in [0.29, 0.717) is 0 Å².